The number of hydrogen-bond acceptors (Lipinski definition) is 4. The van der Waals surface area contributed by atoms with Gasteiger partial charge in [-0.1, -0.05) is 11.6 Å². The molecule has 0 spiro atoms. The monoisotopic (exact) mass is 334 g/mol. The standard InChI is InChI=1S/C15H9ClF2N4O/c1-8(6-19)23-11-3-2-9(12(17)13(11)18)10-7-21-15-14(16)20-4-5-22(10)15/h2-5,7-8H,1H3. The summed E-state index contributed by atoms with van der Waals surface area (Å²) in [4.78, 5) is 7.93. The number of nitriles is 1. The van der Waals surface area contributed by atoms with Crippen LogP contribution in [0.15, 0.2) is 30.7 Å². The van der Waals surface area contributed by atoms with E-state index in [1.807, 2.05) is 0 Å². The number of hydrogen-bond donors (Lipinski definition) is 0. The van der Waals surface area contributed by atoms with Crippen molar-refractivity contribution in [2.45, 2.75) is 13.0 Å². The molecular weight excluding hydrogens is 326 g/mol. The summed E-state index contributed by atoms with van der Waals surface area (Å²) in [6.07, 6.45) is 3.46. The molecular formula is C15H9ClF2N4O. The molecule has 23 heavy (non-hydrogen) atoms. The molecule has 0 aliphatic rings. The molecule has 0 aliphatic heterocycles. The zero-order valence-electron chi connectivity index (χ0n) is 11.8. The largest absolute Gasteiger partial charge is 0.473 e. The smallest absolute Gasteiger partial charge is 0.201 e. The molecule has 0 amide bonds. The molecule has 0 fully saturated rings. The Kier molecular flexibility index (Phi) is 3.84. The normalized spacial score (nSPS) is 12.1. The van der Waals surface area contributed by atoms with Crippen LogP contribution < -0.4 is 4.74 Å². The first kappa shape index (κ1) is 15.2. The summed E-state index contributed by atoms with van der Waals surface area (Å²) >= 11 is 5.91. The zero-order chi connectivity index (χ0) is 16.6. The predicted octanol–water partition coefficient (Wildman–Crippen LogP) is 3.62. The fourth-order valence-electron chi connectivity index (χ4n) is 2.12. The Morgan fingerprint density at radius 3 is 2.83 bits per heavy atom. The van der Waals surface area contributed by atoms with Crippen molar-refractivity contribution in [3.8, 4) is 23.1 Å². The molecule has 2 heterocycles. The van der Waals surface area contributed by atoms with Crippen molar-refractivity contribution >= 4 is 17.2 Å². The molecule has 1 aromatic carbocycles. The first-order valence-corrected chi connectivity index (χ1v) is 6.93. The minimum atomic E-state index is -1.17. The van der Waals surface area contributed by atoms with Gasteiger partial charge >= 0.3 is 0 Å². The van der Waals surface area contributed by atoms with Gasteiger partial charge in [0.1, 0.15) is 6.07 Å². The fraction of sp³-hybridized carbons (Fsp3) is 0.133. The molecule has 0 aliphatic carbocycles. The molecule has 5 nitrogen and oxygen atoms in total. The van der Waals surface area contributed by atoms with Gasteiger partial charge in [-0.15, -0.1) is 0 Å². The Hall–Kier alpha value is -2.72. The summed E-state index contributed by atoms with van der Waals surface area (Å²) in [5.41, 5.74) is 0.650. The van der Waals surface area contributed by atoms with E-state index in [-0.39, 0.29) is 16.5 Å². The Morgan fingerprint density at radius 2 is 2.09 bits per heavy atom. The molecule has 2 aromatic heterocycles. The quantitative estimate of drug-likeness (QED) is 0.734. The minimum absolute atomic E-state index is 0.00535. The van der Waals surface area contributed by atoms with Crippen LogP contribution in [0.25, 0.3) is 16.9 Å². The average Bonchev–Trinajstić information content (AvgIpc) is 2.97. The second-order valence-electron chi connectivity index (χ2n) is 4.68. The van der Waals surface area contributed by atoms with Gasteiger partial charge in [0.2, 0.25) is 5.82 Å². The number of benzene rings is 1. The Labute approximate surface area is 134 Å². The van der Waals surface area contributed by atoms with E-state index in [1.54, 1.807) is 12.3 Å². The van der Waals surface area contributed by atoms with E-state index in [1.165, 1.54) is 35.9 Å². The van der Waals surface area contributed by atoms with Gasteiger partial charge in [0.05, 0.1) is 11.9 Å². The first-order valence-electron chi connectivity index (χ1n) is 6.55. The maximum atomic E-state index is 14.4. The second kappa shape index (κ2) is 5.82. The Morgan fingerprint density at radius 1 is 1.30 bits per heavy atom. The molecule has 3 rings (SSSR count). The molecule has 0 N–H and O–H groups in total. The van der Waals surface area contributed by atoms with E-state index in [0.717, 1.165) is 0 Å². The molecule has 0 radical (unpaired) electrons. The number of imidazole rings is 1. The van der Waals surface area contributed by atoms with Gasteiger partial charge in [-0.05, 0) is 19.1 Å². The van der Waals surface area contributed by atoms with E-state index in [9.17, 15) is 8.78 Å². The van der Waals surface area contributed by atoms with Crippen LogP contribution in [0.1, 0.15) is 6.92 Å². The highest BCUT2D eigenvalue weighted by atomic mass is 35.5. The third-order valence-corrected chi connectivity index (χ3v) is 3.46. The second-order valence-corrected chi connectivity index (χ2v) is 5.04. The molecule has 116 valence electrons. The van der Waals surface area contributed by atoms with Gasteiger partial charge < -0.3 is 4.74 Å². The number of ether oxygens (including phenoxy) is 1. The highest BCUT2D eigenvalue weighted by Gasteiger charge is 2.20. The molecule has 0 bridgehead atoms. The van der Waals surface area contributed by atoms with Crippen molar-refractivity contribution in [2.75, 3.05) is 0 Å². The van der Waals surface area contributed by atoms with E-state index in [4.69, 9.17) is 21.6 Å². The number of fused-ring (bicyclic) bond motifs is 1. The van der Waals surface area contributed by atoms with Crippen LogP contribution in [0.4, 0.5) is 8.78 Å². The SMILES string of the molecule is CC(C#N)Oc1ccc(-c2cnc3c(Cl)nccn23)c(F)c1F. The minimum Gasteiger partial charge on any atom is -0.473 e. The van der Waals surface area contributed by atoms with E-state index >= 15 is 0 Å². The lowest BCUT2D eigenvalue weighted by Crippen LogP contribution is -2.10. The highest BCUT2D eigenvalue weighted by Crippen LogP contribution is 2.31. The van der Waals surface area contributed by atoms with Crippen LogP contribution in [0.3, 0.4) is 0 Å². The Balaban J connectivity index is 2.12. The topological polar surface area (TPSA) is 63.2 Å². The number of nitrogens with zero attached hydrogens (tertiary/aromatic N) is 4. The molecule has 1 atom stereocenters. The summed E-state index contributed by atoms with van der Waals surface area (Å²) in [6.45, 7) is 1.44. The van der Waals surface area contributed by atoms with Gasteiger partial charge in [0.15, 0.2) is 28.5 Å². The van der Waals surface area contributed by atoms with Gasteiger partial charge in [-0.25, -0.2) is 14.4 Å². The summed E-state index contributed by atoms with van der Waals surface area (Å²) in [6, 6.07) is 4.41. The summed E-state index contributed by atoms with van der Waals surface area (Å²) in [5, 5.41) is 8.84. The van der Waals surface area contributed by atoms with Crippen LogP contribution in [0.5, 0.6) is 5.75 Å². The van der Waals surface area contributed by atoms with Crippen molar-refractivity contribution in [2.24, 2.45) is 0 Å². The number of rotatable bonds is 3. The maximum Gasteiger partial charge on any atom is 0.201 e. The highest BCUT2D eigenvalue weighted by molar-refractivity contribution is 6.32. The lowest BCUT2D eigenvalue weighted by molar-refractivity contribution is 0.259. The van der Waals surface area contributed by atoms with Crippen molar-refractivity contribution in [1.29, 1.82) is 5.26 Å². The van der Waals surface area contributed by atoms with Crippen LogP contribution in [-0.2, 0) is 0 Å². The first-order chi connectivity index (χ1) is 11.0. The lowest BCUT2D eigenvalue weighted by Gasteiger charge is -2.11. The lowest BCUT2D eigenvalue weighted by atomic mass is 10.1. The van der Waals surface area contributed by atoms with Gasteiger partial charge in [-0.3, -0.25) is 4.40 Å². The van der Waals surface area contributed by atoms with E-state index in [2.05, 4.69) is 9.97 Å². The number of halogens is 3. The summed E-state index contributed by atoms with van der Waals surface area (Å²) in [7, 11) is 0. The van der Waals surface area contributed by atoms with Gasteiger partial charge in [0, 0.05) is 18.0 Å². The van der Waals surface area contributed by atoms with Crippen molar-refractivity contribution in [1.82, 2.24) is 14.4 Å². The van der Waals surface area contributed by atoms with Crippen molar-refractivity contribution in [3.63, 3.8) is 0 Å². The average molecular weight is 335 g/mol. The van der Waals surface area contributed by atoms with Gasteiger partial charge in [0.25, 0.3) is 0 Å². The summed E-state index contributed by atoms with van der Waals surface area (Å²) < 4.78 is 35.1. The number of aromatic nitrogens is 3. The molecule has 0 saturated carbocycles. The summed E-state index contributed by atoms with van der Waals surface area (Å²) in [5.74, 6) is -2.59. The maximum absolute atomic E-state index is 14.4. The van der Waals surface area contributed by atoms with Crippen LogP contribution in [0, 0.1) is 23.0 Å². The van der Waals surface area contributed by atoms with E-state index in [0.29, 0.717) is 11.3 Å². The zero-order valence-corrected chi connectivity index (χ0v) is 12.6. The molecule has 8 heteroatoms. The van der Waals surface area contributed by atoms with Crippen molar-refractivity contribution < 1.29 is 13.5 Å². The fourth-order valence-corrected chi connectivity index (χ4v) is 2.32. The van der Waals surface area contributed by atoms with Crippen molar-refractivity contribution in [3.05, 3.63) is 47.5 Å². The predicted molar refractivity (Wildman–Crippen MR) is 79.1 cm³/mol. The molecule has 0 saturated heterocycles. The molecule has 3 aromatic rings. The van der Waals surface area contributed by atoms with E-state index < -0.39 is 17.7 Å². The third kappa shape index (κ3) is 2.58. The van der Waals surface area contributed by atoms with Crippen LogP contribution in [-0.4, -0.2) is 20.5 Å². The van der Waals surface area contributed by atoms with Crippen LogP contribution >= 0.6 is 11.6 Å². The third-order valence-electron chi connectivity index (χ3n) is 3.19. The molecule has 1 unspecified atom stereocenters. The van der Waals surface area contributed by atoms with Gasteiger partial charge in [-0.2, -0.15) is 9.65 Å². The van der Waals surface area contributed by atoms with Crippen LogP contribution in [0.2, 0.25) is 5.15 Å². The Bertz CT molecular complexity index is 935.